The molecule has 0 fully saturated rings. The van der Waals surface area contributed by atoms with Crippen LogP contribution in [0.4, 0.5) is 0 Å². The summed E-state index contributed by atoms with van der Waals surface area (Å²) >= 11 is 0. The molecule has 11 heavy (non-hydrogen) atoms. The highest BCUT2D eigenvalue weighted by atomic mass is 16.6. The van der Waals surface area contributed by atoms with Crippen molar-refractivity contribution in [3.8, 4) is 5.75 Å². The van der Waals surface area contributed by atoms with Crippen LogP contribution >= 0.6 is 0 Å². The number of hydrogen-bond donors (Lipinski definition) is 1. The van der Waals surface area contributed by atoms with Gasteiger partial charge < -0.3 is 9.84 Å². The number of rotatable bonds is 0. The average molecular weight is 150 g/mol. The van der Waals surface area contributed by atoms with Crippen LogP contribution < -0.4 is 4.74 Å². The van der Waals surface area contributed by atoms with Gasteiger partial charge in [-0.15, -0.1) is 0 Å². The summed E-state index contributed by atoms with van der Waals surface area (Å²) in [6.07, 6.45) is -1.09. The van der Waals surface area contributed by atoms with Crippen molar-refractivity contribution in [1.82, 2.24) is 0 Å². The molecule has 1 aliphatic rings. The standard InChI is InChI=1S/C8H6O3/c9-7-5-3-1-2-4-6(5)11-8(7)10/h1-4,7,9H/t7-/m0/s1. The number of aliphatic hydroxyl groups is 1. The van der Waals surface area contributed by atoms with Gasteiger partial charge in [0.05, 0.1) is 0 Å². The van der Waals surface area contributed by atoms with Crippen molar-refractivity contribution in [1.29, 1.82) is 0 Å². The zero-order valence-corrected chi connectivity index (χ0v) is 5.65. The van der Waals surface area contributed by atoms with Gasteiger partial charge in [-0.05, 0) is 6.07 Å². The van der Waals surface area contributed by atoms with E-state index >= 15 is 0 Å². The average Bonchev–Trinajstić information content (AvgIpc) is 2.30. The molecular formula is C8H6O3. The van der Waals surface area contributed by atoms with E-state index in [0.717, 1.165) is 0 Å². The number of aliphatic hydroxyl groups excluding tert-OH is 1. The summed E-state index contributed by atoms with van der Waals surface area (Å²) < 4.78 is 4.73. The molecule has 3 nitrogen and oxygen atoms in total. The van der Waals surface area contributed by atoms with Crippen LogP contribution in [0.5, 0.6) is 5.75 Å². The van der Waals surface area contributed by atoms with Crippen LogP contribution in [0.3, 0.4) is 0 Å². The maximum absolute atomic E-state index is 10.8. The molecule has 0 saturated heterocycles. The molecule has 3 heteroatoms. The summed E-state index contributed by atoms with van der Waals surface area (Å²) in [5.74, 6) is -0.129. The zero-order chi connectivity index (χ0) is 7.84. The molecule has 1 N–H and O–H groups in total. The summed E-state index contributed by atoms with van der Waals surface area (Å²) in [7, 11) is 0. The van der Waals surface area contributed by atoms with Gasteiger partial charge in [0, 0.05) is 5.56 Å². The second-order valence-corrected chi connectivity index (χ2v) is 2.36. The second-order valence-electron chi connectivity index (χ2n) is 2.36. The number of carbonyl (C=O) groups excluding carboxylic acids is 1. The fourth-order valence-corrected chi connectivity index (χ4v) is 1.09. The van der Waals surface area contributed by atoms with Crippen molar-refractivity contribution in [2.75, 3.05) is 0 Å². The molecular weight excluding hydrogens is 144 g/mol. The third-order valence-corrected chi connectivity index (χ3v) is 1.65. The third kappa shape index (κ3) is 0.816. The maximum atomic E-state index is 10.8. The SMILES string of the molecule is O=C1Oc2ccccc2[C@@H]1O. The van der Waals surface area contributed by atoms with Crippen LogP contribution in [0.2, 0.25) is 0 Å². The van der Waals surface area contributed by atoms with Gasteiger partial charge in [-0.1, -0.05) is 18.2 Å². The Morgan fingerprint density at radius 1 is 1.36 bits per heavy atom. The van der Waals surface area contributed by atoms with Gasteiger partial charge in [0.2, 0.25) is 0 Å². The van der Waals surface area contributed by atoms with Crippen LogP contribution in [0, 0.1) is 0 Å². The smallest absolute Gasteiger partial charge is 0.345 e. The molecule has 0 spiro atoms. The minimum Gasteiger partial charge on any atom is -0.424 e. The van der Waals surface area contributed by atoms with Gasteiger partial charge in [0.25, 0.3) is 0 Å². The third-order valence-electron chi connectivity index (χ3n) is 1.65. The van der Waals surface area contributed by atoms with Crippen LogP contribution in [-0.4, -0.2) is 11.1 Å². The predicted octanol–water partition coefficient (Wildman–Crippen LogP) is 0.639. The number of benzene rings is 1. The molecule has 1 atom stereocenters. The highest BCUT2D eigenvalue weighted by Crippen LogP contribution is 2.32. The lowest BCUT2D eigenvalue weighted by atomic mass is 10.1. The Kier molecular flexibility index (Phi) is 1.20. The Hall–Kier alpha value is -1.35. The number of carbonyl (C=O) groups is 1. The molecule has 1 aliphatic heterocycles. The number of fused-ring (bicyclic) bond motifs is 1. The topological polar surface area (TPSA) is 46.5 Å². The Balaban J connectivity index is 2.55. The predicted molar refractivity (Wildman–Crippen MR) is 37.0 cm³/mol. The van der Waals surface area contributed by atoms with E-state index in [1.54, 1.807) is 24.3 Å². The van der Waals surface area contributed by atoms with Crippen LogP contribution in [0.15, 0.2) is 24.3 Å². The van der Waals surface area contributed by atoms with Crippen molar-refractivity contribution >= 4 is 5.97 Å². The molecule has 1 heterocycles. The molecule has 1 aromatic rings. The monoisotopic (exact) mass is 150 g/mol. The summed E-state index contributed by atoms with van der Waals surface area (Å²) in [6, 6.07) is 6.84. The first kappa shape index (κ1) is 6.37. The van der Waals surface area contributed by atoms with Gasteiger partial charge >= 0.3 is 5.97 Å². The van der Waals surface area contributed by atoms with E-state index in [2.05, 4.69) is 0 Å². The minimum absolute atomic E-state index is 0.463. The maximum Gasteiger partial charge on any atom is 0.345 e. The van der Waals surface area contributed by atoms with Crippen molar-refractivity contribution in [3.63, 3.8) is 0 Å². The van der Waals surface area contributed by atoms with Crippen LogP contribution in [-0.2, 0) is 4.79 Å². The molecule has 0 amide bonds. The highest BCUT2D eigenvalue weighted by Gasteiger charge is 2.30. The van der Waals surface area contributed by atoms with Crippen LogP contribution in [0.1, 0.15) is 11.7 Å². The van der Waals surface area contributed by atoms with Crippen molar-refractivity contribution in [2.45, 2.75) is 6.10 Å². The Labute approximate surface area is 63.2 Å². The highest BCUT2D eigenvalue weighted by molar-refractivity contribution is 5.84. The number of para-hydroxylation sites is 1. The molecule has 1 aromatic carbocycles. The first-order valence-electron chi connectivity index (χ1n) is 3.28. The van der Waals surface area contributed by atoms with Crippen molar-refractivity contribution in [2.24, 2.45) is 0 Å². The van der Waals surface area contributed by atoms with E-state index in [0.29, 0.717) is 11.3 Å². The minimum atomic E-state index is -1.09. The Bertz CT molecular complexity index is 306. The molecule has 0 unspecified atom stereocenters. The Morgan fingerprint density at radius 2 is 2.09 bits per heavy atom. The van der Waals surface area contributed by atoms with Crippen molar-refractivity contribution in [3.05, 3.63) is 29.8 Å². The molecule has 0 aliphatic carbocycles. The lowest BCUT2D eigenvalue weighted by Gasteiger charge is -1.94. The second kappa shape index (κ2) is 2.07. The molecule has 0 radical (unpaired) electrons. The largest absolute Gasteiger partial charge is 0.424 e. The van der Waals surface area contributed by atoms with E-state index < -0.39 is 12.1 Å². The number of hydrogen-bond acceptors (Lipinski definition) is 3. The number of esters is 1. The van der Waals surface area contributed by atoms with Gasteiger partial charge in [-0.25, -0.2) is 4.79 Å². The van der Waals surface area contributed by atoms with E-state index in [9.17, 15) is 9.90 Å². The molecule has 0 saturated carbocycles. The normalized spacial score (nSPS) is 21.2. The summed E-state index contributed by atoms with van der Waals surface area (Å²) in [5.41, 5.74) is 0.553. The quantitative estimate of drug-likeness (QED) is 0.436. The molecule has 2 rings (SSSR count). The molecule has 0 aromatic heterocycles. The summed E-state index contributed by atoms with van der Waals surface area (Å²) in [6.45, 7) is 0. The van der Waals surface area contributed by atoms with Crippen molar-refractivity contribution < 1.29 is 14.6 Å². The van der Waals surface area contributed by atoms with Gasteiger partial charge in [0.1, 0.15) is 5.75 Å². The van der Waals surface area contributed by atoms with E-state index in [4.69, 9.17) is 4.74 Å². The zero-order valence-electron chi connectivity index (χ0n) is 5.65. The fraction of sp³-hybridized carbons (Fsp3) is 0.125. The first-order chi connectivity index (χ1) is 5.29. The Morgan fingerprint density at radius 3 is 2.82 bits per heavy atom. The van der Waals surface area contributed by atoms with Crippen LogP contribution in [0.25, 0.3) is 0 Å². The van der Waals surface area contributed by atoms with E-state index in [1.807, 2.05) is 0 Å². The summed E-state index contributed by atoms with van der Waals surface area (Å²) in [4.78, 5) is 10.8. The molecule has 0 bridgehead atoms. The van der Waals surface area contributed by atoms with E-state index in [1.165, 1.54) is 0 Å². The number of ether oxygens (including phenoxy) is 1. The first-order valence-corrected chi connectivity index (χ1v) is 3.28. The van der Waals surface area contributed by atoms with Gasteiger partial charge in [-0.2, -0.15) is 0 Å². The lowest BCUT2D eigenvalue weighted by Crippen LogP contribution is -2.08. The van der Waals surface area contributed by atoms with Gasteiger partial charge in [0.15, 0.2) is 6.10 Å². The summed E-state index contributed by atoms with van der Waals surface area (Å²) in [5, 5.41) is 9.18. The fourth-order valence-electron chi connectivity index (χ4n) is 1.09. The van der Waals surface area contributed by atoms with Gasteiger partial charge in [-0.3, -0.25) is 0 Å². The lowest BCUT2D eigenvalue weighted by molar-refractivity contribution is -0.140. The molecule has 56 valence electrons. The van der Waals surface area contributed by atoms with E-state index in [-0.39, 0.29) is 0 Å².